The number of amides is 1. The molecule has 1 N–H and O–H groups in total. The molecule has 0 spiro atoms. The van der Waals surface area contributed by atoms with Gasteiger partial charge in [-0.25, -0.2) is 4.98 Å². The molecule has 3 rings (SSSR count). The van der Waals surface area contributed by atoms with Crippen LogP contribution in [0.3, 0.4) is 0 Å². The summed E-state index contributed by atoms with van der Waals surface area (Å²) in [5.74, 6) is 0.430. The van der Waals surface area contributed by atoms with Gasteiger partial charge in [0.25, 0.3) is 0 Å². The van der Waals surface area contributed by atoms with Gasteiger partial charge in [-0.05, 0) is 25.3 Å². The maximum absolute atomic E-state index is 11.6. The molecule has 0 aliphatic heterocycles. The molecule has 1 aliphatic carbocycles. The number of aromatic nitrogens is 1. The summed E-state index contributed by atoms with van der Waals surface area (Å²) in [5, 5.41) is 5.99. The summed E-state index contributed by atoms with van der Waals surface area (Å²) >= 11 is 1.63. The van der Waals surface area contributed by atoms with Crippen LogP contribution in [0.2, 0.25) is 0 Å². The van der Waals surface area contributed by atoms with E-state index in [0.717, 1.165) is 23.5 Å². The van der Waals surface area contributed by atoms with Crippen molar-refractivity contribution in [1.82, 2.24) is 10.3 Å². The van der Waals surface area contributed by atoms with Crippen LogP contribution >= 0.6 is 11.3 Å². The van der Waals surface area contributed by atoms with Crippen molar-refractivity contribution in [3.05, 3.63) is 40.9 Å². The average molecular weight is 272 g/mol. The first kappa shape index (κ1) is 12.4. The first-order valence-corrected chi connectivity index (χ1v) is 7.40. The molecular formula is C15H16N2OS. The molecule has 0 atom stereocenters. The van der Waals surface area contributed by atoms with E-state index < -0.39 is 0 Å². The second kappa shape index (κ2) is 5.13. The lowest BCUT2D eigenvalue weighted by Gasteiger charge is -2.02. The monoisotopic (exact) mass is 272 g/mol. The van der Waals surface area contributed by atoms with Gasteiger partial charge in [-0.2, -0.15) is 0 Å². The van der Waals surface area contributed by atoms with E-state index in [1.807, 2.05) is 17.5 Å². The number of benzene rings is 1. The fourth-order valence-electron chi connectivity index (χ4n) is 1.99. The van der Waals surface area contributed by atoms with Crippen LogP contribution in [0, 0.1) is 12.8 Å². The van der Waals surface area contributed by atoms with Crippen molar-refractivity contribution in [2.45, 2.75) is 26.3 Å². The lowest BCUT2D eigenvalue weighted by atomic mass is 10.1. The third-order valence-corrected chi connectivity index (χ3v) is 4.24. The number of nitrogens with one attached hydrogen (secondary N) is 1. The van der Waals surface area contributed by atoms with Crippen molar-refractivity contribution < 1.29 is 4.79 Å². The van der Waals surface area contributed by atoms with Crippen molar-refractivity contribution in [3.8, 4) is 10.6 Å². The highest BCUT2D eigenvalue weighted by Gasteiger charge is 2.29. The number of nitrogens with zero attached hydrogens (tertiary/aromatic N) is 1. The van der Waals surface area contributed by atoms with Gasteiger partial charge >= 0.3 is 0 Å². The second-order valence-electron chi connectivity index (χ2n) is 4.95. The molecule has 1 aliphatic rings. The van der Waals surface area contributed by atoms with E-state index in [2.05, 4.69) is 29.4 Å². The number of rotatable bonds is 4. The zero-order valence-corrected chi connectivity index (χ0v) is 11.7. The quantitative estimate of drug-likeness (QED) is 0.929. The average Bonchev–Trinajstić information content (AvgIpc) is 3.16. The van der Waals surface area contributed by atoms with Gasteiger partial charge in [0, 0.05) is 16.9 Å². The molecule has 1 fully saturated rings. The Morgan fingerprint density at radius 2 is 2.21 bits per heavy atom. The largest absolute Gasteiger partial charge is 0.350 e. The number of carbonyl (C=O) groups is 1. The molecule has 19 heavy (non-hydrogen) atoms. The Labute approximate surface area is 116 Å². The van der Waals surface area contributed by atoms with Gasteiger partial charge in [0.15, 0.2) is 0 Å². The van der Waals surface area contributed by atoms with E-state index in [-0.39, 0.29) is 11.8 Å². The Bertz CT molecular complexity index is 602. The Kier molecular flexibility index (Phi) is 3.34. The van der Waals surface area contributed by atoms with Crippen molar-refractivity contribution in [2.24, 2.45) is 5.92 Å². The molecule has 0 radical (unpaired) electrons. The molecule has 3 nitrogen and oxygen atoms in total. The molecule has 1 heterocycles. The van der Waals surface area contributed by atoms with Crippen LogP contribution in [-0.2, 0) is 11.3 Å². The van der Waals surface area contributed by atoms with Crippen molar-refractivity contribution in [1.29, 1.82) is 0 Å². The topological polar surface area (TPSA) is 42.0 Å². The SMILES string of the molecule is Cc1ccccc1-c1nc(CNC(=O)C2CC2)cs1. The number of thiazole rings is 1. The van der Waals surface area contributed by atoms with Gasteiger partial charge in [0.2, 0.25) is 5.91 Å². The minimum absolute atomic E-state index is 0.172. The van der Waals surface area contributed by atoms with Gasteiger partial charge in [-0.3, -0.25) is 4.79 Å². The van der Waals surface area contributed by atoms with Crippen molar-refractivity contribution >= 4 is 17.2 Å². The Morgan fingerprint density at radius 1 is 1.42 bits per heavy atom. The third-order valence-electron chi connectivity index (χ3n) is 3.32. The van der Waals surface area contributed by atoms with Gasteiger partial charge < -0.3 is 5.32 Å². The molecule has 2 aromatic rings. The predicted octanol–water partition coefficient (Wildman–Crippen LogP) is 3.14. The lowest BCUT2D eigenvalue weighted by molar-refractivity contribution is -0.122. The molecular weight excluding hydrogens is 256 g/mol. The maximum atomic E-state index is 11.6. The van der Waals surface area contributed by atoms with Crippen LogP contribution in [0.1, 0.15) is 24.1 Å². The van der Waals surface area contributed by atoms with E-state index in [9.17, 15) is 4.79 Å². The second-order valence-corrected chi connectivity index (χ2v) is 5.81. The molecule has 4 heteroatoms. The molecule has 1 aromatic heterocycles. The molecule has 1 saturated carbocycles. The van der Waals surface area contributed by atoms with Crippen molar-refractivity contribution in [3.63, 3.8) is 0 Å². The van der Waals surface area contributed by atoms with Crippen LogP contribution in [0.15, 0.2) is 29.6 Å². The number of carbonyl (C=O) groups excluding carboxylic acids is 1. The zero-order chi connectivity index (χ0) is 13.2. The highest BCUT2D eigenvalue weighted by Crippen LogP contribution is 2.29. The lowest BCUT2D eigenvalue weighted by Crippen LogP contribution is -2.24. The molecule has 1 aromatic carbocycles. The summed E-state index contributed by atoms with van der Waals surface area (Å²) in [6.07, 6.45) is 2.08. The van der Waals surface area contributed by atoms with E-state index in [4.69, 9.17) is 0 Å². The summed E-state index contributed by atoms with van der Waals surface area (Å²) < 4.78 is 0. The standard InChI is InChI=1S/C15H16N2OS/c1-10-4-2-3-5-13(10)15-17-12(9-19-15)8-16-14(18)11-6-7-11/h2-5,9,11H,6-8H2,1H3,(H,16,18). The summed E-state index contributed by atoms with van der Waals surface area (Å²) in [6, 6.07) is 8.23. The Morgan fingerprint density at radius 3 is 2.95 bits per heavy atom. The van der Waals surface area contributed by atoms with Crippen LogP contribution < -0.4 is 5.32 Å². The van der Waals surface area contributed by atoms with Gasteiger partial charge in [-0.15, -0.1) is 11.3 Å². The highest BCUT2D eigenvalue weighted by atomic mass is 32.1. The Hall–Kier alpha value is -1.68. The maximum Gasteiger partial charge on any atom is 0.223 e. The van der Waals surface area contributed by atoms with E-state index in [1.165, 1.54) is 11.1 Å². The normalized spacial score (nSPS) is 14.4. The molecule has 0 unspecified atom stereocenters. The Balaban J connectivity index is 1.69. The number of hydrogen-bond acceptors (Lipinski definition) is 3. The van der Waals surface area contributed by atoms with Crippen LogP contribution in [0.5, 0.6) is 0 Å². The van der Waals surface area contributed by atoms with Crippen LogP contribution in [-0.4, -0.2) is 10.9 Å². The van der Waals surface area contributed by atoms with E-state index in [0.29, 0.717) is 6.54 Å². The summed E-state index contributed by atoms with van der Waals surface area (Å²) in [7, 11) is 0. The van der Waals surface area contributed by atoms with Gasteiger partial charge in [0.1, 0.15) is 5.01 Å². The minimum Gasteiger partial charge on any atom is -0.350 e. The highest BCUT2D eigenvalue weighted by molar-refractivity contribution is 7.13. The van der Waals surface area contributed by atoms with Crippen LogP contribution in [0.4, 0.5) is 0 Å². The molecule has 0 saturated heterocycles. The van der Waals surface area contributed by atoms with Gasteiger partial charge in [0.05, 0.1) is 12.2 Å². The molecule has 1 amide bonds. The number of hydrogen-bond donors (Lipinski definition) is 1. The summed E-state index contributed by atoms with van der Waals surface area (Å²) in [4.78, 5) is 16.2. The molecule has 0 bridgehead atoms. The zero-order valence-electron chi connectivity index (χ0n) is 10.8. The van der Waals surface area contributed by atoms with E-state index in [1.54, 1.807) is 11.3 Å². The molecule has 98 valence electrons. The van der Waals surface area contributed by atoms with Crippen molar-refractivity contribution in [2.75, 3.05) is 0 Å². The number of aryl methyl sites for hydroxylation is 1. The minimum atomic E-state index is 0.172. The third kappa shape index (κ3) is 2.84. The summed E-state index contributed by atoms with van der Waals surface area (Å²) in [5.41, 5.74) is 3.34. The smallest absolute Gasteiger partial charge is 0.223 e. The predicted molar refractivity (Wildman–Crippen MR) is 76.9 cm³/mol. The first-order chi connectivity index (χ1) is 9.24. The first-order valence-electron chi connectivity index (χ1n) is 6.52. The fourth-order valence-corrected chi connectivity index (χ4v) is 2.90. The van der Waals surface area contributed by atoms with Crippen LogP contribution in [0.25, 0.3) is 10.6 Å². The fraction of sp³-hybridized carbons (Fsp3) is 0.333. The van der Waals surface area contributed by atoms with Gasteiger partial charge in [-0.1, -0.05) is 24.3 Å². The summed E-state index contributed by atoms with van der Waals surface area (Å²) in [6.45, 7) is 2.63. The van der Waals surface area contributed by atoms with E-state index >= 15 is 0 Å².